The van der Waals surface area contributed by atoms with Gasteiger partial charge in [-0.25, -0.2) is 10.0 Å². The van der Waals surface area contributed by atoms with E-state index in [4.69, 9.17) is 9.68 Å². The van der Waals surface area contributed by atoms with E-state index in [1.807, 2.05) is 121 Å². The number of hydrogen-bond acceptors (Lipinski definition) is 8. The summed E-state index contributed by atoms with van der Waals surface area (Å²) < 4.78 is 0. The molecule has 0 unspecified atom stereocenters. The van der Waals surface area contributed by atoms with Gasteiger partial charge in [-0.15, -0.1) is 0 Å². The van der Waals surface area contributed by atoms with Crippen molar-refractivity contribution >= 4 is 34.7 Å². The molecule has 0 saturated carbocycles. The molecule has 4 aromatic carbocycles. The molecule has 0 spiro atoms. The normalized spacial score (nSPS) is 10.6. The number of anilines is 4. The van der Waals surface area contributed by atoms with Gasteiger partial charge >= 0.3 is 11.9 Å². The molecular formula is C34H38N4O4. The van der Waals surface area contributed by atoms with E-state index in [-0.39, 0.29) is 11.9 Å². The standard InChI is InChI=1S/C34H38N4O4/c39-33(41-35-37(29-19-9-5-10-20-29)30-21-11-6-12-22-30)27-17-3-1-2-4-18-28-34(40)42-36-38(31-23-13-7-14-24-31)32-25-15-8-16-26-32/h5-16,19-26,35-36H,1-4,17-18,27-28H2. The lowest BCUT2D eigenvalue weighted by Crippen LogP contribution is -2.35. The Morgan fingerprint density at radius 2 is 0.690 bits per heavy atom. The van der Waals surface area contributed by atoms with Crippen molar-refractivity contribution < 1.29 is 19.3 Å². The predicted octanol–water partition coefficient (Wildman–Crippen LogP) is 7.71. The lowest BCUT2D eigenvalue weighted by molar-refractivity contribution is -0.152. The summed E-state index contributed by atoms with van der Waals surface area (Å²) in [5.41, 5.74) is 9.05. The zero-order valence-corrected chi connectivity index (χ0v) is 23.7. The third-order valence-electron chi connectivity index (χ3n) is 6.57. The molecule has 0 aromatic heterocycles. The first-order chi connectivity index (χ1) is 20.7. The first-order valence-electron chi connectivity index (χ1n) is 14.4. The Kier molecular flexibility index (Phi) is 12.4. The fourth-order valence-electron chi connectivity index (χ4n) is 4.36. The van der Waals surface area contributed by atoms with E-state index in [1.165, 1.54) is 0 Å². The number of hydrazine groups is 2. The Morgan fingerprint density at radius 3 is 0.976 bits per heavy atom. The molecule has 2 N–H and O–H groups in total. The van der Waals surface area contributed by atoms with E-state index in [9.17, 15) is 9.59 Å². The molecule has 4 aromatic rings. The zero-order valence-electron chi connectivity index (χ0n) is 23.7. The second kappa shape index (κ2) is 17.2. The van der Waals surface area contributed by atoms with Gasteiger partial charge in [0.05, 0.1) is 22.7 Å². The first-order valence-corrected chi connectivity index (χ1v) is 14.4. The second-order valence-electron chi connectivity index (χ2n) is 9.77. The molecule has 218 valence electrons. The van der Waals surface area contributed by atoms with Crippen LogP contribution < -0.4 is 21.2 Å². The molecule has 0 atom stereocenters. The number of nitrogens with one attached hydrogen (secondary N) is 2. The molecule has 0 aliphatic rings. The van der Waals surface area contributed by atoms with E-state index in [2.05, 4.69) is 11.2 Å². The smallest absolute Gasteiger partial charge is 0.327 e. The molecule has 0 aliphatic carbocycles. The number of rotatable bonds is 17. The Labute approximate surface area is 247 Å². The van der Waals surface area contributed by atoms with Gasteiger partial charge in [-0.2, -0.15) is 0 Å². The summed E-state index contributed by atoms with van der Waals surface area (Å²) in [5, 5.41) is 3.47. The largest absolute Gasteiger partial charge is 0.351 e. The number of carbonyl (C=O) groups excluding carboxylic acids is 2. The van der Waals surface area contributed by atoms with Gasteiger partial charge in [0.1, 0.15) is 0 Å². The third kappa shape index (κ3) is 10.1. The lowest BCUT2D eigenvalue weighted by atomic mass is 10.1. The number of benzene rings is 4. The summed E-state index contributed by atoms with van der Waals surface area (Å²) in [6, 6.07) is 38.7. The summed E-state index contributed by atoms with van der Waals surface area (Å²) >= 11 is 0. The molecule has 0 fully saturated rings. The molecule has 0 radical (unpaired) electrons. The first kappa shape index (κ1) is 30.3. The quantitative estimate of drug-likeness (QED) is 0.0993. The maximum atomic E-state index is 12.3. The molecule has 8 nitrogen and oxygen atoms in total. The molecule has 0 heterocycles. The van der Waals surface area contributed by atoms with Crippen molar-refractivity contribution in [2.24, 2.45) is 0 Å². The summed E-state index contributed by atoms with van der Waals surface area (Å²) in [6.07, 6.45) is 5.99. The Balaban J connectivity index is 1.07. The van der Waals surface area contributed by atoms with Crippen LogP contribution in [0, 0.1) is 0 Å². The van der Waals surface area contributed by atoms with Crippen molar-refractivity contribution in [3.05, 3.63) is 121 Å². The Morgan fingerprint density at radius 1 is 0.429 bits per heavy atom. The highest BCUT2D eigenvalue weighted by molar-refractivity contribution is 5.70. The topological polar surface area (TPSA) is 83.1 Å². The van der Waals surface area contributed by atoms with Crippen LogP contribution >= 0.6 is 0 Å². The highest BCUT2D eigenvalue weighted by atomic mass is 16.7. The van der Waals surface area contributed by atoms with Crippen LogP contribution in [0.2, 0.25) is 0 Å². The average Bonchev–Trinajstić information content (AvgIpc) is 3.04. The van der Waals surface area contributed by atoms with E-state index in [1.54, 1.807) is 10.0 Å². The van der Waals surface area contributed by atoms with Gasteiger partial charge in [0, 0.05) is 12.8 Å². The van der Waals surface area contributed by atoms with Crippen LogP contribution in [0.1, 0.15) is 51.4 Å². The number of carbonyl (C=O) groups is 2. The molecule has 8 heteroatoms. The van der Waals surface area contributed by atoms with Crippen LogP contribution in [0.15, 0.2) is 121 Å². The fraction of sp³-hybridized carbons (Fsp3) is 0.235. The second-order valence-corrected chi connectivity index (χ2v) is 9.77. The molecule has 0 saturated heterocycles. The Hall–Kier alpha value is -4.66. The molecular weight excluding hydrogens is 528 g/mol. The van der Waals surface area contributed by atoms with Gasteiger partial charge in [-0.3, -0.25) is 9.59 Å². The van der Waals surface area contributed by atoms with E-state index in [0.717, 1.165) is 61.3 Å². The fourth-order valence-corrected chi connectivity index (χ4v) is 4.36. The van der Waals surface area contributed by atoms with Crippen LogP contribution in [0.4, 0.5) is 22.7 Å². The molecule has 0 amide bonds. The summed E-state index contributed by atoms with van der Waals surface area (Å²) in [4.78, 5) is 35.4. The predicted molar refractivity (Wildman–Crippen MR) is 165 cm³/mol. The van der Waals surface area contributed by atoms with Crippen molar-refractivity contribution in [1.82, 2.24) is 11.2 Å². The highest BCUT2D eigenvalue weighted by Gasteiger charge is 2.13. The van der Waals surface area contributed by atoms with Crippen molar-refractivity contribution in [3.8, 4) is 0 Å². The number of para-hydroxylation sites is 4. The molecule has 0 aliphatic heterocycles. The third-order valence-corrected chi connectivity index (χ3v) is 6.57. The van der Waals surface area contributed by atoms with E-state index < -0.39 is 0 Å². The van der Waals surface area contributed by atoms with Crippen molar-refractivity contribution in [2.45, 2.75) is 51.4 Å². The van der Waals surface area contributed by atoms with Crippen molar-refractivity contribution in [2.75, 3.05) is 10.0 Å². The van der Waals surface area contributed by atoms with Gasteiger partial charge in [0.25, 0.3) is 0 Å². The van der Waals surface area contributed by atoms with Gasteiger partial charge in [0.2, 0.25) is 0 Å². The van der Waals surface area contributed by atoms with Crippen molar-refractivity contribution in [3.63, 3.8) is 0 Å². The highest BCUT2D eigenvalue weighted by Crippen LogP contribution is 2.23. The summed E-state index contributed by atoms with van der Waals surface area (Å²) in [7, 11) is 0. The van der Waals surface area contributed by atoms with Crippen LogP contribution in [0.25, 0.3) is 0 Å². The minimum Gasteiger partial charge on any atom is -0.351 e. The molecule has 4 rings (SSSR count). The minimum absolute atomic E-state index is 0.304. The van der Waals surface area contributed by atoms with Crippen molar-refractivity contribution in [1.29, 1.82) is 0 Å². The molecule has 0 bridgehead atoms. The van der Waals surface area contributed by atoms with Crippen LogP contribution in [0.3, 0.4) is 0 Å². The van der Waals surface area contributed by atoms with Gasteiger partial charge in [-0.1, -0.05) is 110 Å². The summed E-state index contributed by atoms with van der Waals surface area (Å²) in [6.45, 7) is 0. The van der Waals surface area contributed by atoms with E-state index in [0.29, 0.717) is 12.8 Å². The number of unbranched alkanes of at least 4 members (excludes halogenated alkanes) is 5. The maximum absolute atomic E-state index is 12.3. The molecule has 42 heavy (non-hydrogen) atoms. The average molecular weight is 567 g/mol. The van der Waals surface area contributed by atoms with E-state index >= 15 is 0 Å². The van der Waals surface area contributed by atoms with Gasteiger partial charge in [-0.05, 0) is 61.4 Å². The SMILES string of the molecule is O=C(CCCCCCCCC(=O)ONN(c1ccccc1)c1ccccc1)ONN(c1ccccc1)c1ccccc1. The lowest BCUT2D eigenvalue weighted by Gasteiger charge is -2.24. The minimum atomic E-state index is -0.304. The monoisotopic (exact) mass is 566 g/mol. The van der Waals surface area contributed by atoms with Crippen LogP contribution in [0.5, 0.6) is 0 Å². The zero-order chi connectivity index (χ0) is 29.2. The maximum Gasteiger partial charge on any atom is 0.327 e. The van der Waals surface area contributed by atoms with Crippen LogP contribution in [-0.2, 0) is 19.3 Å². The van der Waals surface area contributed by atoms with Gasteiger partial charge in [0.15, 0.2) is 0 Å². The Bertz CT molecular complexity index is 1140. The summed E-state index contributed by atoms with van der Waals surface area (Å²) in [5.74, 6) is -0.607. The van der Waals surface area contributed by atoms with Gasteiger partial charge < -0.3 is 9.68 Å². The number of nitrogens with zero attached hydrogens (tertiary/aromatic N) is 2. The number of hydrogen-bond donors (Lipinski definition) is 2. The van der Waals surface area contributed by atoms with Crippen LogP contribution in [-0.4, -0.2) is 11.9 Å².